The summed E-state index contributed by atoms with van der Waals surface area (Å²) in [5, 5.41) is 11.5. The van der Waals surface area contributed by atoms with Crippen LogP contribution in [0.15, 0.2) is 24.5 Å². The third-order valence-electron chi connectivity index (χ3n) is 2.46. The van der Waals surface area contributed by atoms with Gasteiger partial charge < -0.3 is 15.2 Å². The van der Waals surface area contributed by atoms with E-state index in [9.17, 15) is 9.59 Å². The molecule has 0 aliphatic heterocycles. The number of rotatable bonds is 6. The smallest absolute Gasteiger partial charge is 0.328 e. The maximum Gasteiger partial charge on any atom is 0.328 e. The molecular weight excluding hydrogens is 260 g/mol. The molecule has 108 valence electrons. The molecule has 0 aliphatic rings. The Morgan fingerprint density at radius 2 is 2.20 bits per heavy atom. The van der Waals surface area contributed by atoms with Gasteiger partial charge in [0.2, 0.25) is 0 Å². The van der Waals surface area contributed by atoms with Crippen LogP contribution >= 0.6 is 0 Å². The van der Waals surface area contributed by atoms with Crippen molar-refractivity contribution < 1.29 is 19.4 Å². The van der Waals surface area contributed by atoms with Crippen LogP contribution in [0.3, 0.4) is 0 Å². The largest absolute Gasteiger partial charge is 0.478 e. The van der Waals surface area contributed by atoms with Gasteiger partial charge in [-0.1, -0.05) is 0 Å². The van der Waals surface area contributed by atoms with E-state index in [1.807, 2.05) is 13.8 Å². The van der Waals surface area contributed by atoms with Crippen LogP contribution in [0.1, 0.15) is 29.8 Å². The van der Waals surface area contributed by atoms with Gasteiger partial charge in [-0.15, -0.1) is 0 Å². The molecule has 0 bridgehead atoms. The SMILES string of the molecule is COCC(C)(C)NC(=O)c1ccncc1/C=C/C(=O)O. The lowest BCUT2D eigenvalue weighted by Gasteiger charge is -2.25. The third kappa shape index (κ3) is 4.81. The van der Waals surface area contributed by atoms with E-state index < -0.39 is 11.5 Å². The van der Waals surface area contributed by atoms with Crippen LogP contribution in [0, 0.1) is 0 Å². The summed E-state index contributed by atoms with van der Waals surface area (Å²) in [6, 6.07) is 1.54. The number of carbonyl (C=O) groups excluding carboxylic acids is 1. The molecule has 1 aromatic heterocycles. The molecule has 0 fully saturated rings. The molecular formula is C14H18N2O4. The topological polar surface area (TPSA) is 88.5 Å². The minimum atomic E-state index is -1.08. The molecule has 20 heavy (non-hydrogen) atoms. The van der Waals surface area contributed by atoms with Crippen molar-refractivity contribution in [2.45, 2.75) is 19.4 Å². The van der Waals surface area contributed by atoms with Crippen molar-refractivity contribution in [2.24, 2.45) is 0 Å². The van der Waals surface area contributed by atoms with E-state index >= 15 is 0 Å². The van der Waals surface area contributed by atoms with E-state index in [4.69, 9.17) is 9.84 Å². The summed E-state index contributed by atoms with van der Waals surface area (Å²) in [6.45, 7) is 4.04. The number of nitrogens with one attached hydrogen (secondary N) is 1. The number of aromatic nitrogens is 1. The van der Waals surface area contributed by atoms with E-state index in [2.05, 4.69) is 10.3 Å². The third-order valence-corrected chi connectivity index (χ3v) is 2.46. The molecule has 0 saturated carbocycles. The highest BCUT2D eigenvalue weighted by molar-refractivity contribution is 5.99. The van der Waals surface area contributed by atoms with Crippen LogP contribution in [0.5, 0.6) is 0 Å². The van der Waals surface area contributed by atoms with E-state index in [0.717, 1.165) is 6.08 Å². The van der Waals surface area contributed by atoms with E-state index in [1.165, 1.54) is 18.5 Å². The number of hydrogen-bond donors (Lipinski definition) is 2. The second-order valence-corrected chi connectivity index (χ2v) is 4.91. The first-order valence-corrected chi connectivity index (χ1v) is 6.02. The van der Waals surface area contributed by atoms with Crippen molar-refractivity contribution in [2.75, 3.05) is 13.7 Å². The quantitative estimate of drug-likeness (QED) is 0.766. The number of amides is 1. The first-order valence-electron chi connectivity index (χ1n) is 6.02. The lowest BCUT2D eigenvalue weighted by atomic mass is 10.0. The number of methoxy groups -OCH3 is 1. The van der Waals surface area contributed by atoms with Crippen LogP contribution in [0.2, 0.25) is 0 Å². The zero-order valence-corrected chi connectivity index (χ0v) is 11.7. The Balaban J connectivity index is 2.96. The standard InChI is InChI=1S/C14H18N2O4/c1-14(2,9-20-3)16-13(19)11-6-7-15-8-10(11)4-5-12(17)18/h4-8H,9H2,1-3H3,(H,16,19)(H,17,18)/b5-4+. The summed E-state index contributed by atoms with van der Waals surface area (Å²) in [4.78, 5) is 26.7. The lowest BCUT2D eigenvalue weighted by Crippen LogP contribution is -2.46. The number of carbonyl (C=O) groups is 2. The molecule has 1 rings (SSSR count). The molecule has 1 aromatic rings. The van der Waals surface area contributed by atoms with Crippen molar-refractivity contribution in [1.82, 2.24) is 10.3 Å². The molecule has 6 heteroatoms. The lowest BCUT2D eigenvalue weighted by molar-refractivity contribution is -0.131. The van der Waals surface area contributed by atoms with E-state index in [0.29, 0.717) is 17.7 Å². The predicted molar refractivity (Wildman–Crippen MR) is 74.3 cm³/mol. The maximum absolute atomic E-state index is 12.2. The highest BCUT2D eigenvalue weighted by Crippen LogP contribution is 2.11. The zero-order chi connectivity index (χ0) is 15.2. The molecule has 0 spiro atoms. The molecule has 2 N–H and O–H groups in total. The number of hydrogen-bond acceptors (Lipinski definition) is 4. The van der Waals surface area contributed by atoms with Gasteiger partial charge in [0.1, 0.15) is 0 Å². The molecule has 6 nitrogen and oxygen atoms in total. The van der Waals surface area contributed by atoms with Gasteiger partial charge in [-0.3, -0.25) is 9.78 Å². The van der Waals surface area contributed by atoms with Crippen LogP contribution in [0.25, 0.3) is 6.08 Å². The molecule has 0 aromatic carbocycles. The Morgan fingerprint density at radius 1 is 1.50 bits per heavy atom. The number of nitrogens with zero attached hydrogens (tertiary/aromatic N) is 1. The summed E-state index contributed by atoms with van der Waals surface area (Å²) < 4.78 is 5.03. The van der Waals surface area contributed by atoms with E-state index in [-0.39, 0.29) is 5.91 Å². The van der Waals surface area contributed by atoms with Crippen LogP contribution in [0.4, 0.5) is 0 Å². The minimum absolute atomic E-state index is 0.306. The fourth-order valence-electron chi connectivity index (χ4n) is 1.68. The Labute approximate surface area is 117 Å². The fourth-order valence-corrected chi connectivity index (χ4v) is 1.68. The van der Waals surface area contributed by atoms with Crippen molar-refractivity contribution >= 4 is 18.0 Å². The summed E-state index contributed by atoms with van der Waals surface area (Å²) in [5.74, 6) is -1.39. The normalized spacial score (nSPS) is 11.6. The summed E-state index contributed by atoms with van der Waals surface area (Å²) in [6.07, 6.45) is 5.23. The molecule has 1 amide bonds. The summed E-state index contributed by atoms with van der Waals surface area (Å²) in [5.41, 5.74) is 0.283. The summed E-state index contributed by atoms with van der Waals surface area (Å²) >= 11 is 0. The molecule has 0 radical (unpaired) electrons. The van der Waals surface area contributed by atoms with Gasteiger partial charge in [0.05, 0.1) is 12.1 Å². The highest BCUT2D eigenvalue weighted by Gasteiger charge is 2.22. The monoisotopic (exact) mass is 278 g/mol. The maximum atomic E-state index is 12.2. The van der Waals surface area contributed by atoms with Crippen molar-refractivity contribution in [3.63, 3.8) is 0 Å². The van der Waals surface area contributed by atoms with Gasteiger partial charge in [0.25, 0.3) is 5.91 Å². The fraction of sp³-hybridized carbons (Fsp3) is 0.357. The predicted octanol–water partition coefficient (Wildman–Crippen LogP) is 1.33. The van der Waals surface area contributed by atoms with Crippen LogP contribution in [-0.2, 0) is 9.53 Å². The minimum Gasteiger partial charge on any atom is -0.478 e. The first-order chi connectivity index (χ1) is 9.35. The van der Waals surface area contributed by atoms with Crippen LogP contribution in [-0.4, -0.2) is 41.2 Å². The van der Waals surface area contributed by atoms with Gasteiger partial charge in [-0.2, -0.15) is 0 Å². The number of aliphatic carboxylic acids is 1. The summed E-state index contributed by atoms with van der Waals surface area (Å²) in [7, 11) is 1.56. The van der Waals surface area contributed by atoms with Gasteiger partial charge >= 0.3 is 5.97 Å². The van der Waals surface area contributed by atoms with Crippen molar-refractivity contribution in [3.05, 3.63) is 35.7 Å². The average Bonchev–Trinajstić information content (AvgIpc) is 2.35. The molecule has 0 aliphatic carbocycles. The Morgan fingerprint density at radius 3 is 2.80 bits per heavy atom. The number of carboxylic acid groups (broad SMARTS) is 1. The van der Waals surface area contributed by atoms with Crippen molar-refractivity contribution in [1.29, 1.82) is 0 Å². The Hall–Kier alpha value is -2.21. The Bertz CT molecular complexity index is 524. The second-order valence-electron chi connectivity index (χ2n) is 4.91. The van der Waals surface area contributed by atoms with Crippen LogP contribution < -0.4 is 5.32 Å². The van der Waals surface area contributed by atoms with Gasteiger partial charge in [-0.05, 0) is 26.0 Å². The molecule has 0 unspecified atom stereocenters. The van der Waals surface area contributed by atoms with Gasteiger partial charge in [-0.25, -0.2) is 4.79 Å². The second kappa shape index (κ2) is 6.81. The molecule has 0 atom stereocenters. The first kappa shape index (κ1) is 15.8. The zero-order valence-electron chi connectivity index (χ0n) is 11.7. The number of ether oxygens (including phenoxy) is 1. The Kier molecular flexibility index (Phi) is 5.40. The van der Waals surface area contributed by atoms with E-state index in [1.54, 1.807) is 13.2 Å². The average molecular weight is 278 g/mol. The van der Waals surface area contributed by atoms with Gasteiger partial charge in [0.15, 0.2) is 0 Å². The molecule has 0 saturated heterocycles. The number of pyridine rings is 1. The van der Waals surface area contributed by atoms with Gasteiger partial charge in [0, 0.05) is 36.7 Å². The number of carboxylic acids is 1. The molecule has 1 heterocycles. The highest BCUT2D eigenvalue weighted by atomic mass is 16.5. The van der Waals surface area contributed by atoms with Crippen molar-refractivity contribution in [3.8, 4) is 0 Å².